The van der Waals surface area contributed by atoms with Crippen LogP contribution in [0.5, 0.6) is 0 Å². The van der Waals surface area contributed by atoms with Gasteiger partial charge < -0.3 is 10.6 Å². The normalized spacial score (nSPS) is 29.3. The lowest BCUT2D eigenvalue weighted by molar-refractivity contribution is 0.0918. The summed E-state index contributed by atoms with van der Waals surface area (Å²) in [4.78, 5) is 16.3. The Bertz CT molecular complexity index is 443. The zero-order valence-electron chi connectivity index (χ0n) is 10.6. The molecule has 4 heteroatoms. The number of nitrogens with one attached hydrogen (secondary N) is 2. The molecule has 0 radical (unpaired) electrons. The third-order valence-electron chi connectivity index (χ3n) is 4.34. The molecule has 2 N–H and O–H groups in total. The number of rotatable bonds is 3. The first-order valence-corrected chi connectivity index (χ1v) is 6.71. The summed E-state index contributed by atoms with van der Waals surface area (Å²) in [6.07, 6.45) is 6.78. The topological polar surface area (TPSA) is 54.0 Å². The Hall–Kier alpha value is -1.58. The van der Waals surface area contributed by atoms with Crippen LogP contribution in [0.15, 0.2) is 18.3 Å². The number of hydrogen-bond acceptors (Lipinski definition) is 3. The van der Waals surface area contributed by atoms with Crippen LogP contribution in [0.1, 0.15) is 36.2 Å². The van der Waals surface area contributed by atoms with Crippen molar-refractivity contribution in [3.63, 3.8) is 0 Å². The molecule has 2 fully saturated rings. The Kier molecular flexibility index (Phi) is 2.94. The average Bonchev–Trinajstić information content (AvgIpc) is 3.01. The van der Waals surface area contributed by atoms with Gasteiger partial charge in [0.05, 0.1) is 11.9 Å². The van der Waals surface area contributed by atoms with Crippen LogP contribution >= 0.6 is 0 Å². The van der Waals surface area contributed by atoms with Crippen molar-refractivity contribution in [2.45, 2.75) is 31.7 Å². The van der Waals surface area contributed by atoms with Crippen molar-refractivity contribution in [2.75, 3.05) is 12.4 Å². The number of hydrogen-bond donors (Lipinski definition) is 2. The van der Waals surface area contributed by atoms with Crippen molar-refractivity contribution in [3.05, 3.63) is 24.0 Å². The minimum atomic E-state index is -0.0322. The van der Waals surface area contributed by atoms with Gasteiger partial charge >= 0.3 is 0 Å². The fraction of sp³-hybridized carbons (Fsp3) is 0.571. The lowest BCUT2D eigenvalue weighted by atomic mass is 9.95. The van der Waals surface area contributed by atoms with Crippen LogP contribution in [0.3, 0.4) is 0 Å². The predicted molar refractivity (Wildman–Crippen MR) is 70.5 cm³/mol. The van der Waals surface area contributed by atoms with Gasteiger partial charge in [-0.05, 0) is 43.2 Å². The molecule has 1 amide bonds. The van der Waals surface area contributed by atoms with Crippen molar-refractivity contribution in [1.82, 2.24) is 10.3 Å². The van der Waals surface area contributed by atoms with Crippen LogP contribution in [0.4, 0.5) is 5.69 Å². The molecule has 4 nitrogen and oxygen atoms in total. The lowest BCUT2D eigenvalue weighted by Gasteiger charge is -2.22. The standard InChI is InChI=1S/C14H19N3O/c1-15-11-4-5-12(16-8-11)14(18)17-13-7-9-2-3-10(13)6-9/h4-5,8-10,13,15H,2-3,6-7H2,1H3,(H,17,18). The first-order chi connectivity index (χ1) is 8.76. The fourth-order valence-electron chi connectivity index (χ4n) is 3.34. The maximum absolute atomic E-state index is 12.1. The Morgan fingerprint density at radius 3 is 2.78 bits per heavy atom. The maximum Gasteiger partial charge on any atom is 0.270 e. The van der Waals surface area contributed by atoms with Crippen molar-refractivity contribution in [3.8, 4) is 0 Å². The molecule has 0 saturated heterocycles. The number of pyridine rings is 1. The Balaban J connectivity index is 1.64. The van der Waals surface area contributed by atoms with E-state index in [2.05, 4.69) is 15.6 Å². The summed E-state index contributed by atoms with van der Waals surface area (Å²) in [7, 11) is 1.84. The van der Waals surface area contributed by atoms with E-state index in [0.29, 0.717) is 17.7 Å². The predicted octanol–water partition coefficient (Wildman–Crippen LogP) is 2.04. The van der Waals surface area contributed by atoms with Crippen molar-refractivity contribution in [2.24, 2.45) is 11.8 Å². The summed E-state index contributed by atoms with van der Waals surface area (Å²) in [5, 5.41) is 6.14. The highest BCUT2D eigenvalue weighted by atomic mass is 16.1. The van der Waals surface area contributed by atoms with E-state index in [1.807, 2.05) is 13.1 Å². The number of amides is 1. The number of nitrogens with zero attached hydrogens (tertiary/aromatic N) is 1. The number of carbonyl (C=O) groups excluding carboxylic acids is 1. The molecule has 0 aromatic carbocycles. The zero-order valence-corrected chi connectivity index (χ0v) is 10.6. The molecule has 18 heavy (non-hydrogen) atoms. The molecular weight excluding hydrogens is 226 g/mol. The van der Waals surface area contributed by atoms with Gasteiger partial charge in [0.15, 0.2) is 0 Å². The third kappa shape index (κ3) is 2.07. The minimum absolute atomic E-state index is 0.0322. The molecular formula is C14H19N3O. The Morgan fingerprint density at radius 2 is 2.22 bits per heavy atom. The molecule has 3 rings (SSSR count). The largest absolute Gasteiger partial charge is 0.387 e. The second-order valence-corrected chi connectivity index (χ2v) is 5.44. The van der Waals surface area contributed by atoms with Gasteiger partial charge in [0.2, 0.25) is 0 Å². The van der Waals surface area contributed by atoms with Gasteiger partial charge in [-0.15, -0.1) is 0 Å². The SMILES string of the molecule is CNc1ccc(C(=O)NC2CC3CCC2C3)nc1. The van der Waals surface area contributed by atoms with E-state index in [1.165, 1.54) is 19.3 Å². The number of aromatic nitrogens is 1. The molecule has 1 aromatic rings. The van der Waals surface area contributed by atoms with Crippen molar-refractivity contribution in [1.29, 1.82) is 0 Å². The van der Waals surface area contributed by atoms with Gasteiger partial charge in [0, 0.05) is 13.1 Å². The monoisotopic (exact) mass is 245 g/mol. The van der Waals surface area contributed by atoms with E-state index in [4.69, 9.17) is 0 Å². The average molecular weight is 245 g/mol. The van der Waals surface area contributed by atoms with Crippen LogP contribution in [0, 0.1) is 11.8 Å². The number of carbonyl (C=O) groups is 1. The van der Waals surface area contributed by atoms with Crippen LogP contribution < -0.4 is 10.6 Å². The van der Waals surface area contributed by atoms with E-state index < -0.39 is 0 Å². The van der Waals surface area contributed by atoms with Crippen LogP contribution in [0.2, 0.25) is 0 Å². The van der Waals surface area contributed by atoms with E-state index in [9.17, 15) is 4.79 Å². The molecule has 2 bridgehead atoms. The minimum Gasteiger partial charge on any atom is -0.387 e. The summed E-state index contributed by atoms with van der Waals surface area (Å²) in [5.74, 6) is 1.52. The summed E-state index contributed by atoms with van der Waals surface area (Å²) in [6, 6.07) is 4.03. The fourth-order valence-corrected chi connectivity index (χ4v) is 3.34. The van der Waals surface area contributed by atoms with E-state index in [0.717, 1.165) is 18.0 Å². The summed E-state index contributed by atoms with van der Waals surface area (Å²) in [6.45, 7) is 0. The molecule has 2 saturated carbocycles. The summed E-state index contributed by atoms with van der Waals surface area (Å²) >= 11 is 0. The molecule has 0 aliphatic heterocycles. The molecule has 2 aliphatic carbocycles. The quantitative estimate of drug-likeness (QED) is 0.857. The van der Waals surface area contributed by atoms with E-state index in [1.54, 1.807) is 12.3 Å². The second-order valence-electron chi connectivity index (χ2n) is 5.44. The van der Waals surface area contributed by atoms with E-state index >= 15 is 0 Å². The van der Waals surface area contributed by atoms with Gasteiger partial charge in [-0.2, -0.15) is 0 Å². The van der Waals surface area contributed by atoms with E-state index in [-0.39, 0.29) is 5.91 Å². The third-order valence-corrected chi connectivity index (χ3v) is 4.34. The maximum atomic E-state index is 12.1. The molecule has 2 aliphatic rings. The van der Waals surface area contributed by atoms with Crippen LogP contribution in [-0.2, 0) is 0 Å². The second kappa shape index (κ2) is 4.59. The molecule has 3 atom stereocenters. The highest BCUT2D eigenvalue weighted by molar-refractivity contribution is 5.92. The first-order valence-electron chi connectivity index (χ1n) is 6.71. The summed E-state index contributed by atoms with van der Waals surface area (Å²) < 4.78 is 0. The lowest BCUT2D eigenvalue weighted by Crippen LogP contribution is -2.38. The number of anilines is 1. The highest BCUT2D eigenvalue weighted by Gasteiger charge is 2.40. The Labute approximate surface area is 107 Å². The molecule has 0 spiro atoms. The zero-order chi connectivity index (χ0) is 12.5. The summed E-state index contributed by atoms with van der Waals surface area (Å²) in [5.41, 5.74) is 1.43. The first kappa shape index (κ1) is 11.5. The molecule has 3 unspecified atom stereocenters. The van der Waals surface area contributed by atoms with Crippen molar-refractivity contribution >= 4 is 11.6 Å². The van der Waals surface area contributed by atoms with Gasteiger partial charge in [0.1, 0.15) is 5.69 Å². The highest BCUT2D eigenvalue weighted by Crippen LogP contribution is 2.44. The van der Waals surface area contributed by atoms with Gasteiger partial charge in [0.25, 0.3) is 5.91 Å². The van der Waals surface area contributed by atoms with Crippen molar-refractivity contribution < 1.29 is 4.79 Å². The number of fused-ring (bicyclic) bond motifs is 2. The molecule has 1 aromatic heterocycles. The molecule has 1 heterocycles. The Morgan fingerprint density at radius 1 is 1.33 bits per heavy atom. The van der Waals surface area contributed by atoms with Crippen LogP contribution in [0.25, 0.3) is 0 Å². The van der Waals surface area contributed by atoms with Crippen LogP contribution in [-0.4, -0.2) is 24.0 Å². The van der Waals surface area contributed by atoms with Gasteiger partial charge in [-0.1, -0.05) is 6.42 Å². The smallest absolute Gasteiger partial charge is 0.270 e. The molecule has 96 valence electrons. The van der Waals surface area contributed by atoms with Gasteiger partial charge in [-0.25, -0.2) is 4.98 Å². The van der Waals surface area contributed by atoms with Gasteiger partial charge in [-0.3, -0.25) is 4.79 Å².